The van der Waals surface area contributed by atoms with Crippen LogP contribution in [0.2, 0.25) is 0 Å². The summed E-state index contributed by atoms with van der Waals surface area (Å²) in [6.07, 6.45) is 0.137. The van der Waals surface area contributed by atoms with Gasteiger partial charge in [0.25, 0.3) is 0 Å². The quantitative estimate of drug-likeness (QED) is 0.640. The molecule has 0 unspecified atom stereocenters. The molecule has 2 aromatic rings. The Morgan fingerprint density at radius 3 is 2.70 bits per heavy atom. The first-order valence-electron chi connectivity index (χ1n) is 6.91. The first-order chi connectivity index (χ1) is 9.79. The van der Waals surface area contributed by atoms with Crippen molar-refractivity contribution in [2.24, 2.45) is 0 Å². The molecule has 0 amide bonds. The lowest BCUT2D eigenvalue weighted by molar-refractivity contribution is 0.106. The van der Waals surface area contributed by atoms with Crippen LogP contribution in [0.4, 0.5) is 0 Å². The SMILES string of the molecule is OCCCNC[C@@H](O)COc1ccc2ccccc2c1. The Morgan fingerprint density at radius 1 is 1.10 bits per heavy atom. The summed E-state index contributed by atoms with van der Waals surface area (Å²) >= 11 is 0. The zero-order valence-electron chi connectivity index (χ0n) is 11.5. The summed E-state index contributed by atoms with van der Waals surface area (Å²) in [6, 6.07) is 14.0. The molecule has 0 radical (unpaired) electrons. The fourth-order valence-corrected chi connectivity index (χ4v) is 1.98. The molecule has 108 valence electrons. The molecular formula is C16H21NO3. The summed E-state index contributed by atoms with van der Waals surface area (Å²) in [5.74, 6) is 0.762. The molecular weight excluding hydrogens is 254 g/mol. The molecule has 4 nitrogen and oxygen atoms in total. The number of benzene rings is 2. The molecule has 3 N–H and O–H groups in total. The summed E-state index contributed by atoms with van der Waals surface area (Å²) < 4.78 is 5.59. The van der Waals surface area contributed by atoms with Crippen molar-refractivity contribution in [2.75, 3.05) is 26.3 Å². The predicted octanol–water partition coefficient (Wildman–Crippen LogP) is 1.55. The standard InChI is InChI=1S/C16H21NO3/c18-9-3-8-17-11-15(19)12-20-16-7-6-13-4-1-2-5-14(13)10-16/h1-2,4-7,10,15,17-19H,3,8-9,11-12H2/t15-/m1/s1. The van der Waals surface area contributed by atoms with Crippen molar-refractivity contribution in [3.8, 4) is 5.75 Å². The van der Waals surface area contributed by atoms with Crippen molar-refractivity contribution in [1.82, 2.24) is 5.32 Å². The van der Waals surface area contributed by atoms with Gasteiger partial charge in [0, 0.05) is 13.2 Å². The molecule has 2 rings (SSSR count). The van der Waals surface area contributed by atoms with Gasteiger partial charge in [-0.15, -0.1) is 0 Å². The fourth-order valence-electron chi connectivity index (χ4n) is 1.98. The highest BCUT2D eigenvalue weighted by molar-refractivity contribution is 5.83. The average molecular weight is 275 g/mol. The van der Waals surface area contributed by atoms with Crippen LogP contribution in [0.1, 0.15) is 6.42 Å². The Balaban J connectivity index is 1.80. The second-order valence-electron chi connectivity index (χ2n) is 4.76. The molecule has 0 saturated heterocycles. The van der Waals surface area contributed by atoms with Crippen LogP contribution < -0.4 is 10.1 Å². The maximum atomic E-state index is 9.77. The minimum absolute atomic E-state index is 0.163. The van der Waals surface area contributed by atoms with Gasteiger partial charge in [-0.05, 0) is 35.9 Å². The summed E-state index contributed by atoms with van der Waals surface area (Å²) in [6.45, 7) is 1.58. The summed E-state index contributed by atoms with van der Waals surface area (Å²) in [5, 5.41) is 23.8. The van der Waals surface area contributed by atoms with Crippen LogP contribution in [-0.2, 0) is 0 Å². The Hall–Kier alpha value is -1.62. The molecule has 0 aliphatic heterocycles. The Labute approximate surface area is 119 Å². The van der Waals surface area contributed by atoms with E-state index in [9.17, 15) is 5.11 Å². The van der Waals surface area contributed by atoms with Gasteiger partial charge in [0.05, 0.1) is 0 Å². The van der Waals surface area contributed by atoms with E-state index in [0.29, 0.717) is 19.5 Å². The van der Waals surface area contributed by atoms with E-state index in [1.54, 1.807) is 0 Å². The number of aliphatic hydroxyl groups excluding tert-OH is 2. The maximum Gasteiger partial charge on any atom is 0.120 e. The van der Waals surface area contributed by atoms with Crippen molar-refractivity contribution in [2.45, 2.75) is 12.5 Å². The fraction of sp³-hybridized carbons (Fsp3) is 0.375. The molecule has 0 aliphatic carbocycles. The van der Waals surface area contributed by atoms with E-state index in [-0.39, 0.29) is 13.2 Å². The van der Waals surface area contributed by atoms with Crippen LogP contribution in [0.25, 0.3) is 10.8 Å². The monoisotopic (exact) mass is 275 g/mol. The first kappa shape index (κ1) is 14.8. The number of aliphatic hydroxyl groups is 2. The van der Waals surface area contributed by atoms with Gasteiger partial charge >= 0.3 is 0 Å². The topological polar surface area (TPSA) is 61.7 Å². The van der Waals surface area contributed by atoms with E-state index in [4.69, 9.17) is 9.84 Å². The molecule has 0 bridgehead atoms. The predicted molar refractivity (Wildman–Crippen MR) is 80.0 cm³/mol. The molecule has 20 heavy (non-hydrogen) atoms. The van der Waals surface area contributed by atoms with Crippen molar-refractivity contribution in [3.63, 3.8) is 0 Å². The lowest BCUT2D eigenvalue weighted by Gasteiger charge is -2.13. The van der Waals surface area contributed by atoms with E-state index < -0.39 is 6.10 Å². The van der Waals surface area contributed by atoms with Crippen molar-refractivity contribution >= 4 is 10.8 Å². The summed E-state index contributed by atoms with van der Waals surface area (Å²) in [7, 11) is 0. The normalized spacial score (nSPS) is 12.5. The molecule has 1 atom stereocenters. The molecule has 0 fully saturated rings. The highest BCUT2D eigenvalue weighted by Crippen LogP contribution is 2.20. The van der Waals surface area contributed by atoms with Crippen molar-refractivity contribution in [1.29, 1.82) is 0 Å². The molecule has 2 aromatic carbocycles. The number of hydrogen-bond acceptors (Lipinski definition) is 4. The lowest BCUT2D eigenvalue weighted by atomic mass is 10.1. The average Bonchev–Trinajstić information content (AvgIpc) is 2.49. The van der Waals surface area contributed by atoms with Gasteiger partial charge in [0.2, 0.25) is 0 Å². The highest BCUT2D eigenvalue weighted by Gasteiger charge is 2.05. The van der Waals surface area contributed by atoms with Gasteiger partial charge in [0.1, 0.15) is 18.5 Å². The molecule has 0 spiro atoms. The second kappa shape index (κ2) is 7.85. The Kier molecular flexibility index (Phi) is 5.80. The third-order valence-electron chi connectivity index (χ3n) is 3.05. The molecule has 0 aliphatic rings. The van der Waals surface area contributed by atoms with Crippen LogP contribution in [0, 0.1) is 0 Å². The van der Waals surface area contributed by atoms with Crippen LogP contribution in [0.3, 0.4) is 0 Å². The van der Waals surface area contributed by atoms with Gasteiger partial charge in [0.15, 0.2) is 0 Å². The third-order valence-corrected chi connectivity index (χ3v) is 3.05. The Bertz CT molecular complexity index is 530. The van der Waals surface area contributed by atoms with Gasteiger partial charge < -0.3 is 20.3 Å². The minimum Gasteiger partial charge on any atom is -0.491 e. The number of ether oxygens (including phenoxy) is 1. The molecule has 4 heteroatoms. The van der Waals surface area contributed by atoms with Crippen LogP contribution in [0.5, 0.6) is 5.75 Å². The largest absolute Gasteiger partial charge is 0.491 e. The number of nitrogens with one attached hydrogen (secondary N) is 1. The van der Waals surface area contributed by atoms with Gasteiger partial charge in [-0.2, -0.15) is 0 Å². The minimum atomic E-state index is -0.555. The zero-order valence-corrected chi connectivity index (χ0v) is 11.5. The molecule has 0 saturated carbocycles. The van der Waals surface area contributed by atoms with Gasteiger partial charge in [-0.25, -0.2) is 0 Å². The van der Waals surface area contributed by atoms with Crippen LogP contribution in [-0.4, -0.2) is 42.6 Å². The number of hydrogen-bond donors (Lipinski definition) is 3. The van der Waals surface area contributed by atoms with Gasteiger partial charge in [-0.3, -0.25) is 0 Å². The summed E-state index contributed by atoms with van der Waals surface area (Å²) in [5.41, 5.74) is 0. The Morgan fingerprint density at radius 2 is 1.90 bits per heavy atom. The van der Waals surface area contributed by atoms with Crippen LogP contribution >= 0.6 is 0 Å². The van der Waals surface area contributed by atoms with E-state index in [1.165, 1.54) is 5.39 Å². The summed E-state index contributed by atoms with van der Waals surface area (Å²) in [4.78, 5) is 0. The molecule has 0 aromatic heterocycles. The first-order valence-corrected chi connectivity index (χ1v) is 6.91. The van der Waals surface area contributed by atoms with Gasteiger partial charge in [-0.1, -0.05) is 30.3 Å². The van der Waals surface area contributed by atoms with Crippen molar-refractivity contribution < 1.29 is 14.9 Å². The number of rotatable bonds is 8. The van der Waals surface area contributed by atoms with E-state index in [0.717, 1.165) is 11.1 Å². The number of fused-ring (bicyclic) bond motifs is 1. The molecule has 0 heterocycles. The third kappa shape index (κ3) is 4.49. The second-order valence-corrected chi connectivity index (χ2v) is 4.76. The lowest BCUT2D eigenvalue weighted by Crippen LogP contribution is -2.32. The van der Waals surface area contributed by atoms with E-state index >= 15 is 0 Å². The van der Waals surface area contributed by atoms with E-state index in [2.05, 4.69) is 11.4 Å². The van der Waals surface area contributed by atoms with Crippen LogP contribution in [0.15, 0.2) is 42.5 Å². The smallest absolute Gasteiger partial charge is 0.120 e. The van der Waals surface area contributed by atoms with E-state index in [1.807, 2.05) is 36.4 Å². The highest BCUT2D eigenvalue weighted by atomic mass is 16.5. The van der Waals surface area contributed by atoms with Crippen molar-refractivity contribution in [3.05, 3.63) is 42.5 Å². The zero-order chi connectivity index (χ0) is 14.2. The maximum absolute atomic E-state index is 9.77.